The number of nitrogens with zero attached hydrogens (tertiary/aromatic N) is 1. The van der Waals surface area contributed by atoms with Gasteiger partial charge >= 0.3 is 12.1 Å². The molecule has 3 aromatic carbocycles. The topological polar surface area (TPSA) is 66.8 Å². The fourth-order valence-electron chi connectivity index (χ4n) is 4.07. The monoisotopic (exact) mass is 441 g/mol. The average molecular weight is 441 g/mol. The molecule has 0 saturated heterocycles. The second kappa shape index (κ2) is 8.37. The van der Waals surface area contributed by atoms with Gasteiger partial charge in [0.15, 0.2) is 23.5 Å². The van der Waals surface area contributed by atoms with Crippen molar-refractivity contribution in [1.82, 2.24) is 4.90 Å². The first-order valence-corrected chi connectivity index (χ1v) is 9.74. The maximum atomic E-state index is 13.6. The predicted molar refractivity (Wildman–Crippen MR) is 110 cm³/mol. The van der Waals surface area contributed by atoms with E-state index in [0.717, 1.165) is 29.3 Å². The zero-order valence-electron chi connectivity index (χ0n) is 16.9. The van der Waals surface area contributed by atoms with Crippen LogP contribution in [0.2, 0.25) is 0 Å². The minimum absolute atomic E-state index is 0.0598. The zero-order chi connectivity index (χ0) is 23.0. The molecule has 3 aromatic rings. The Morgan fingerprint density at radius 1 is 0.969 bits per heavy atom. The van der Waals surface area contributed by atoms with Gasteiger partial charge in [0.2, 0.25) is 0 Å². The average Bonchev–Trinajstić information content (AvgIpc) is 3.09. The number of carbonyl (C=O) groups is 2. The predicted octanol–water partition coefficient (Wildman–Crippen LogP) is 5.11. The number of benzene rings is 3. The molecule has 1 unspecified atom stereocenters. The Balaban J connectivity index is 1.55. The van der Waals surface area contributed by atoms with Gasteiger partial charge in [0.05, 0.1) is 0 Å². The van der Waals surface area contributed by atoms with Crippen molar-refractivity contribution in [3.63, 3.8) is 0 Å². The highest BCUT2D eigenvalue weighted by Gasteiger charge is 2.33. The Kier molecular flexibility index (Phi) is 5.61. The molecule has 0 spiro atoms. The Bertz CT molecular complexity index is 1140. The van der Waals surface area contributed by atoms with Crippen molar-refractivity contribution in [2.45, 2.75) is 12.0 Å². The standard InChI is InChI=1S/C24H18F3NO4/c1-28(22(23(29)30)13-10-19(25)21(27)20(26)11-13)24(31)32-12-18-16-8-4-2-6-14(16)15-7-3-5-9-17(15)18/h2-11,18,22H,12H2,1H3,(H,29,30). The van der Waals surface area contributed by atoms with Crippen molar-refractivity contribution in [3.05, 3.63) is 94.8 Å². The highest BCUT2D eigenvalue weighted by molar-refractivity contribution is 5.82. The van der Waals surface area contributed by atoms with E-state index >= 15 is 0 Å². The van der Waals surface area contributed by atoms with Gasteiger partial charge in [0.25, 0.3) is 0 Å². The summed E-state index contributed by atoms with van der Waals surface area (Å²) in [6.45, 7) is -0.0598. The van der Waals surface area contributed by atoms with E-state index in [2.05, 4.69) is 0 Å². The molecule has 0 saturated carbocycles. The molecule has 1 amide bonds. The highest BCUT2D eigenvalue weighted by Crippen LogP contribution is 2.44. The van der Waals surface area contributed by atoms with E-state index in [-0.39, 0.29) is 12.5 Å². The largest absolute Gasteiger partial charge is 0.479 e. The lowest BCUT2D eigenvalue weighted by Crippen LogP contribution is -2.37. The summed E-state index contributed by atoms with van der Waals surface area (Å²) in [6, 6.07) is 14.7. The van der Waals surface area contributed by atoms with Gasteiger partial charge in [-0.2, -0.15) is 0 Å². The Labute approximate surface area is 181 Å². The number of halogens is 3. The maximum Gasteiger partial charge on any atom is 0.410 e. The molecule has 0 heterocycles. The first-order chi connectivity index (χ1) is 15.3. The van der Waals surface area contributed by atoms with E-state index in [1.807, 2.05) is 48.5 Å². The van der Waals surface area contributed by atoms with Crippen LogP contribution in [0.3, 0.4) is 0 Å². The molecule has 0 aromatic heterocycles. The Morgan fingerprint density at radius 3 is 1.97 bits per heavy atom. The number of hydrogen-bond acceptors (Lipinski definition) is 3. The Hall–Kier alpha value is -3.81. The number of rotatable bonds is 5. The fourth-order valence-corrected chi connectivity index (χ4v) is 4.07. The lowest BCUT2D eigenvalue weighted by molar-refractivity contribution is -0.142. The van der Waals surface area contributed by atoms with Crippen molar-refractivity contribution in [3.8, 4) is 11.1 Å². The van der Waals surface area contributed by atoms with Crippen molar-refractivity contribution in [2.75, 3.05) is 13.7 Å². The van der Waals surface area contributed by atoms with Gasteiger partial charge in [-0.15, -0.1) is 0 Å². The summed E-state index contributed by atoms with van der Waals surface area (Å²) in [5, 5.41) is 9.55. The smallest absolute Gasteiger partial charge is 0.410 e. The summed E-state index contributed by atoms with van der Waals surface area (Å²) >= 11 is 0. The van der Waals surface area contributed by atoms with E-state index in [9.17, 15) is 27.9 Å². The van der Waals surface area contributed by atoms with Crippen LogP contribution in [0.25, 0.3) is 11.1 Å². The minimum Gasteiger partial charge on any atom is -0.479 e. The lowest BCUT2D eigenvalue weighted by atomic mass is 9.98. The van der Waals surface area contributed by atoms with E-state index in [1.165, 1.54) is 0 Å². The second-order valence-corrected chi connectivity index (χ2v) is 7.45. The minimum atomic E-state index is -1.77. The van der Waals surface area contributed by atoms with E-state index in [1.54, 1.807) is 0 Å². The summed E-state index contributed by atoms with van der Waals surface area (Å²) in [7, 11) is 1.14. The van der Waals surface area contributed by atoms with Gasteiger partial charge in [-0.05, 0) is 39.9 Å². The number of amides is 1. The number of likely N-dealkylation sites (N-methyl/N-ethyl adjacent to an activating group) is 1. The number of fused-ring (bicyclic) bond motifs is 3. The number of hydrogen-bond donors (Lipinski definition) is 1. The molecular formula is C24H18F3NO4. The molecule has 4 rings (SSSR count). The fraction of sp³-hybridized carbons (Fsp3) is 0.167. The van der Waals surface area contributed by atoms with Crippen LogP contribution in [0.15, 0.2) is 60.7 Å². The summed E-state index contributed by atoms with van der Waals surface area (Å²) in [5.41, 5.74) is 3.57. The van der Waals surface area contributed by atoms with Crippen LogP contribution in [0.4, 0.5) is 18.0 Å². The summed E-state index contributed by atoms with van der Waals surface area (Å²) < 4.78 is 45.9. The van der Waals surface area contributed by atoms with E-state index in [4.69, 9.17) is 4.74 Å². The van der Waals surface area contributed by atoms with Gasteiger partial charge in [0.1, 0.15) is 6.61 Å². The molecule has 1 aliphatic rings. The van der Waals surface area contributed by atoms with Crippen LogP contribution >= 0.6 is 0 Å². The molecule has 8 heteroatoms. The summed E-state index contributed by atoms with van der Waals surface area (Å²) in [6.07, 6.45) is -0.996. The van der Waals surface area contributed by atoms with E-state index < -0.39 is 41.1 Å². The molecule has 1 N–H and O–H groups in total. The lowest BCUT2D eigenvalue weighted by Gasteiger charge is -2.25. The van der Waals surface area contributed by atoms with Crippen molar-refractivity contribution >= 4 is 12.1 Å². The SMILES string of the molecule is CN(C(=O)OCC1c2ccccc2-c2ccccc21)C(C(=O)O)c1cc(F)c(F)c(F)c1. The third-order valence-electron chi connectivity index (χ3n) is 5.57. The third kappa shape index (κ3) is 3.68. The van der Waals surface area contributed by atoms with Gasteiger partial charge in [-0.3, -0.25) is 4.90 Å². The van der Waals surface area contributed by atoms with E-state index in [0.29, 0.717) is 17.0 Å². The quantitative estimate of drug-likeness (QED) is 0.559. The number of carbonyl (C=O) groups excluding carboxylic acids is 1. The normalized spacial score (nSPS) is 13.2. The van der Waals surface area contributed by atoms with Crippen molar-refractivity contribution in [2.24, 2.45) is 0 Å². The second-order valence-electron chi connectivity index (χ2n) is 7.45. The molecule has 1 aliphatic carbocycles. The third-order valence-corrected chi connectivity index (χ3v) is 5.57. The van der Waals surface area contributed by atoms with Crippen LogP contribution in [0.5, 0.6) is 0 Å². The van der Waals surface area contributed by atoms with Gasteiger partial charge in [0, 0.05) is 13.0 Å². The number of ether oxygens (including phenoxy) is 1. The van der Waals surface area contributed by atoms with Crippen LogP contribution in [0.1, 0.15) is 28.7 Å². The van der Waals surface area contributed by atoms with Crippen LogP contribution in [-0.4, -0.2) is 35.7 Å². The van der Waals surface area contributed by atoms with Gasteiger partial charge < -0.3 is 9.84 Å². The van der Waals surface area contributed by atoms with Crippen LogP contribution < -0.4 is 0 Å². The molecular weight excluding hydrogens is 423 g/mol. The van der Waals surface area contributed by atoms with Crippen molar-refractivity contribution < 1.29 is 32.6 Å². The molecule has 0 bridgehead atoms. The molecule has 0 aliphatic heterocycles. The zero-order valence-corrected chi connectivity index (χ0v) is 16.9. The van der Waals surface area contributed by atoms with Gasteiger partial charge in [-0.25, -0.2) is 22.8 Å². The highest BCUT2D eigenvalue weighted by atomic mass is 19.2. The van der Waals surface area contributed by atoms with Gasteiger partial charge in [-0.1, -0.05) is 48.5 Å². The maximum absolute atomic E-state index is 13.6. The number of carboxylic acids is 1. The summed E-state index contributed by atoms with van der Waals surface area (Å²) in [4.78, 5) is 25.1. The summed E-state index contributed by atoms with van der Waals surface area (Å²) in [5.74, 6) is -6.61. The molecule has 5 nitrogen and oxygen atoms in total. The van der Waals surface area contributed by atoms with Crippen LogP contribution in [-0.2, 0) is 9.53 Å². The molecule has 1 atom stereocenters. The number of carboxylic acid groups (broad SMARTS) is 1. The first-order valence-electron chi connectivity index (χ1n) is 9.74. The Morgan fingerprint density at radius 2 is 1.47 bits per heavy atom. The van der Waals surface area contributed by atoms with Crippen molar-refractivity contribution in [1.29, 1.82) is 0 Å². The molecule has 32 heavy (non-hydrogen) atoms. The number of aliphatic carboxylic acids is 1. The molecule has 164 valence electrons. The van der Waals surface area contributed by atoms with Crippen LogP contribution in [0, 0.1) is 17.5 Å². The first kappa shape index (κ1) is 21.4. The molecule has 0 fully saturated rings. The molecule has 0 radical (unpaired) electrons.